The normalized spacial score (nSPS) is 20.9. The van der Waals surface area contributed by atoms with Crippen molar-refractivity contribution in [3.05, 3.63) is 23.2 Å². The van der Waals surface area contributed by atoms with Gasteiger partial charge in [0.25, 0.3) is 0 Å². The number of rotatable bonds is 3. The van der Waals surface area contributed by atoms with Crippen molar-refractivity contribution in [1.82, 2.24) is 9.88 Å². The molecule has 7 heteroatoms. The van der Waals surface area contributed by atoms with E-state index in [1.807, 2.05) is 18.2 Å². The minimum Gasteiger partial charge on any atom is -0.481 e. The van der Waals surface area contributed by atoms with Gasteiger partial charge in [0, 0.05) is 24.7 Å². The Morgan fingerprint density at radius 2 is 2.13 bits per heavy atom. The van der Waals surface area contributed by atoms with E-state index < -0.39 is 11.9 Å². The summed E-state index contributed by atoms with van der Waals surface area (Å²) in [5.41, 5.74) is 1.70. The van der Waals surface area contributed by atoms with Crippen LogP contribution in [-0.2, 0) is 4.79 Å². The number of thiazole rings is 1. The standard InChI is InChI=1S/C16H17N3O3S/c20-15(21)10-5-6-19(8-10)16(22)17-11-3-4-12-13(7-11)23-14(18-12)9-1-2-9/h3-4,7,9-10H,1-2,5-6,8H2,(H,17,22)(H,20,21). The minimum atomic E-state index is -0.834. The fraction of sp³-hybridized carbons (Fsp3) is 0.438. The summed E-state index contributed by atoms with van der Waals surface area (Å²) in [7, 11) is 0. The van der Waals surface area contributed by atoms with E-state index in [2.05, 4.69) is 10.3 Å². The monoisotopic (exact) mass is 331 g/mol. The summed E-state index contributed by atoms with van der Waals surface area (Å²) in [5, 5.41) is 13.1. The maximum Gasteiger partial charge on any atom is 0.321 e. The van der Waals surface area contributed by atoms with Crippen molar-refractivity contribution in [3.8, 4) is 0 Å². The lowest BCUT2D eigenvalue weighted by atomic mass is 10.1. The summed E-state index contributed by atoms with van der Waals surface area (Å²) in [6, 6.07) is 5.49. The molecule has 2 heterocycles. The topological polar surface area (TPSA) is 82.5 Å². The number of anilines is 1. The Morgan fingerprint density at radius 3 is 2.83 bits per heavy atom. The predicted octanol–water partition coefficient (Wildman–Crippen LogP) is 3.11. The molecule has 1 atom stereocenters. The molecule has 0 bridgehead atoms. The van der Waals surface area contributed by atoms with Gasteiger partial charge in [-0.3, -0.25) is 4.79 Å². The van der Waals surface area contributed by atoms with Gasteiger partial charge in [-0.1, -0.05) is 0 Å². The van der Waals surface area contributed by atoms with Crippen LogP contribution in [0.1, 0.15) is 30.2 Å². The lowest BCUT2D eigenvalue weighted by Gasteiger charge is -2.16. The molecule has 2 fully saturated rings. The third-order valence-electron chi connectivity index (χ3n) is 4.41. The molecular weight excluding hydrogens is 314 g/mol. The highest BCUT2D eigenvalue weighted by atomic mass is 32.1. The summed E-state index contributed by atoms with van der Waals surface area (Å²) in [4.78, 5) is 29.4. The Bertz CT molecular complexity index is 784. The van der Waals surface area contributed by atoms with E-state index in [4.69, 9.17) is 5.11 Å². The molecule has 1 aromatic heterocycles. The number of nitrogens with zero attached hydrogens (tertiary/aromatic N) is 2. The Morgan fingerprint density at radius 1 is 1.30 bits per heavy atom. The van der Waals surface area contributed by atoms with E-state index in [1.165, 1.54) is 17.8 Å². The minimum absolute atomic E-state index is 0.236. The molecule has 1 saturated carbocycles. The molecule has 1 aliphatic heterocycles. The van der Waals surface area contributed by atoms with Gasteiger partial charge in [0.15, 0.2) is 0 Å². The number of carbonyl (C=O) groups excluding carboxylic acids is 1. The second kappa shape index (κ2) is 5.49. The fourth-order valence-corrected chi connectivity index (χ4v) is 4.05. The van der Waals surface area contributed by atoms with Crippen LogP contribution in [0.3, 0.4) is 0 Å². The molecule has 23 heavy (non-hydrogen) atoms. The average molecular weight is 331 g/mol. The largest absolute Gasteiger partial charge is 0.481 e. The third kappa shape index (κ3) is 2.88. The number of fused-ring (bicyclic) bond motifs is 1. The Kier molecular flexibility index (Phi) is 3.45. The van der Waals surface area contributed by atoms with Gasteiger partial charge < -0.3 is 15.3 Å². The van der Waals surface area contributed by atoms with Crippen LogP contribution in [0.25, 0.3) is 10.2 Å². The maximum absolute atomic E-state index is 12.3. The van der Waals surface area contributed by atoms with Crippen LogP contribution < -0.4 is 5.32 Å². The van der Waals surface area contributed by atoms with Gasteiger partial charge in [-0.05, 0) is 37.5 Å². The first-order valence-corrected chi connectivity index (χ1v) is 8.61. The number of carbonyl (C=O) groups is 2. The van der Waals surface area contributed by atoms with Crippen molar-refractivity contribution in [2.75, 3.05) is 18.4 Å². The first-order chi connectivity index (χ1) is 11.1. The van der Waals surface area contributed by atoms with Gasteiger partial charge in [0.2, 0.25) is 0 Å². The summed E-state index contributed by atoms with van der Waals surface area (Å²) >= 11 is 1.69. The van der Waals surface area contributed by atoms with Gasteiger partial charge >= 0.3 is 12.0 Å². The highest BCUT2D eigenvalue weighted by Crippen LogP contribution is 2.43. The molecule has 1 saturated heterocycles. The molecule has 4 rings (SSSR count). The summed E-state index contributed by atoms with van der Waals surface area (Å²) in [6.45, 7) is 0.757. The fourth-order valence-electron chi connectivity index (χ4n) is 2.87. The van der Waals surface area contributed by atoms with Crippen molar-refractivity contribution in [2.24, 2.45) is 5.92 Å². The smallest absolute Gasteiger partial charge is 0.321 e. The summed E-state index contributed by atoms with van der Waals surface area (Å²) in [5.74, 6) is -0.659. The van der Waals surface area contributed by atoms with Gasteiger partial charge in [0.1, 0.15) is 0 Å². The van der Waals surface area contributed by atoms with Crippen LogP contribution in [0.4, 0.5) is 10.5 Å². The van der Waals surface area contributed by atoms with Crippen LogP contribution in [0.2, 0.25) is 0 Å². The first kappa shape index (κ1) is 14.4. The number of benzene rings is 1. The van der Waals surface area contributed by atoms with Gasteiger partial charge in [-0.2, -0.15) is 0 Å². The molecule has 6 nitrogen and oxygen atoms in total. The molecule has 0 radical (unpaired) electrons. The van der Waals surface area contributed by atoms with Crippen molar-refractivity contribution in [1.29, 1.82) is 0 Å². The van der Waals surface area contributed by atoms with Crippen molar-refractivity contribution in [3.63, 3.8) is 0 Å². The van der Waals surface area contributed by atoms with E-state index in [0.29, 0.717) is 18.9 Å². The van der Waals surface area contributed by atoms with E-state index in [0.717, 1.165) is 15.9 Å². The first-order valence-electron chi connectivity index (χ1n) is 7.79. The van der Waals surface area contributed by atoms with Crippen LogP contribution in [0.5, 0.6) is 0 Å². The molecule has 120 valence electrons. The maximum atomic E-state index is 12.3. The summed E-state index contributed by atoms with van der Waals surface area (Å²) < 4.78 is 1.08. The molecule has 2 amide bonds. The Balaban J connectivity index is 1.46. The molecule has 2 N–H and O–H groups in total. The van der Waals surface area contributed by atoms with Gasteiger partial charge in [-0.25, -0.2) is 9.78 Å². The number of urea groups is 1. The molecule has 1 aliphatic carbocycles. The number of nitrogens with one attached hydrogen (secondary N) is 1. The molecule has 0 spiro atoms. The van der Waals surface area contributed by atoms with Crippen LogP contribution >= 0.6 is 11.3 Å². The number of aliphatic carboxylic acids is 1. The van der Waals surface area contributed by atoms with Gasteiger partial charge in [0.05, 0.1) is 21.1 Å². The number of carboxylic acids is 1. The van der Waals surface area contributed by atoms with Crippen molar-refractivity contribution < 1.29 is 14.7 Å². The Hall–Kier alpha value is -2.15. The number of aromatic nitrogens is 1. The second-order valence-electron chi connectivity index (χ2n) is 6.21. The number of carboxylic acid groups (broad SMARTS) is 1. The molecular formula is C16H17N3O3S. The molecule has 2 aromatic rings. The van der Waals surface area contributed by atoms with Crippen LogP contribution in [0, 0.1) is 5.92 Å². The second-order valence-corrected chi connectivity index (χ2v) is 7.27. The van der Waals surface area contributed by atoms with Crippen LogP contribution in [-0.4, -0.2) is 40.1 Å². The molecule has 1 unspecified atom stereocenters. The number of hydrogen-bond donors (Lipinski definition) is 2. The van der Waals surface area contributed by atoms with Crippen molar-refractivity contribution in [2.45, 2.75) is 25.2 Å². The molecule has 2 aliphatic rings. The van der Waals surface area contributed by atoms with E-state index in [1.54, 1.807) is 16.2 Å². The lowest BCUT2D eigenvalue weighted by molar-refractivity contribution is -0.141. The third-order valence-corrected chi connectivity index (χ3v) is 5.59. The number of likely N-dealkylation sites (tertiary alicyclic amines) is 1. The number of amides is 2. The predicted molar refractivity (Wildman–Crippen MR) is 87.9 cm³/mol. The zero-order valence-electron chi connectivity index (χ0n) is 12.5. The lowest BCUT2D eigenvalue weighted by Crippen LogP contribution is -2.33. The van der Waals surface area contributed by atoms with Gasteiger partial charge in [-0.15, -0.1) is 11.3 Å². The quantitative estimate of drug-likeness (QED) is 0.905. The highest BCUT2D eigenvalue weighted by Gasteiger charge is 2.31. The van der Waals surface area contributed by atoms with E-state index >= 15 is 0 Å². The highest BCUT2D eigenvalue weighted by molar-refractivity contribution is 7.18. The SMILES string of the molecule is O=C(O)C1CCN(C(=O)Nc2ccc3nc(C4CC4)sc3c2)C1. The van der Waals surface area contributed by atoms with E-state index in [-0.39, 0.29) is 12.6 Å². The van der Waals surface area contributed by atoms with Crippen LogP contribution in [0.15, 0.2) is 18.2 Å². The van der Waals surface area contributed by atoms with E-state index in [9.17, 15) is 9.59 Å². The average Bonchev–Trinajstić information content (AvgIpc) is 3.10. The zero-order chi connectivity index (χ0) is 16.0. The molecule has 1 aromatic carbocycles. The van der Waals surface area contributed by atoms with Crippen molar-refractivity contribution >= 4 is 39.2 Å². The summed E-state index contributed by atoms with van der Waals surface area (Å²) in [6.07, 6.45) is 2.97. The number of hydrogen-bond acceptors (Lipinski definition) is 4. The Labute approximate surface area is 137 Å². The zero-order valence-corrected chi connectivity index (χ0v) is 13.3.